The van der Waals surface area contributed by atoms with Crippen molar-refractivity contribution in [2.75, 3.05) is 87.7 Å². The number of phenols is 1. The summed E-state index contributed by atoms with van der Waals surface area (Å²) in [7, 11) is 0. The third kappa shape index (κ3) is 12.2. The van der Waals surface area contributed by atoms with Crippen molar-refractivity contribution in [1.82, 2.24) is 45.3 Å². The average Bonchev–Trinajstić information content (AvgIpc) is 4.25. The molecule has 418 valence electrons. The van der Waals surface area contributed by atoms with Crippen molar-refractivity contribution in [1.29, 1.82) is 0 Å². The number of hydrogen-bond donors (Lipinski definition) is 4. The second-order valence-corrected chi connectivity index (χ2v) is 23.0. The Kier molecular flexibility index (Phi) is 16.3. The van der Waals surface area contributed by atoms with E-state index >= 15 is 0 Å². The van der Waals surface area contributed by atoms with E-state index in [2.05, 4.69) is 62.4 Å². The molecule has 6 aromatic rings. The van der Waals surface area contributed by atoms with Crippen LogP contribution in [0.5, 0.6) is 17.5 Å². The molecule has 1 aliphatic carbocycles. The van der Waals surface area contributed by atoms with E-state index in [0.29, 0.717) is 59.9 Å². The summed E-state index contributed by atoms with van der Waals surface area (Å²) >= 11 is 1.59. The van der Waals surface area contributed by atoms with E-state index in [4.69, 9.17) is 24.5 Å². The highest BCUT2D eigenvalue weighted by Crippen LogP contribution is 2.41. The summed E-state index contributed by atoms with van der Waals surface area (Å²) in [6, 6.07) is 22.4. The van der Waals surface area contributed by atoms with Crippen LogP contribution < -0.4 is 30.3 Å². The number of nitrogens with zero attached hydrogens (tertiary/aromatic N) is 10. The molecule has 4 saturated heterocycles. The molecule has 79 heavy (non-hydrogen) atoms. The molecule has 5 N–H and O–H groups in total. The van der Waals surface area contributed by atoms with Gasteiger partial charge >= 0.3 is 0 Å². The van der Waals surface area contributed by atoms with Crippen LogP contribution in [0.1, 0.15) is 81.9 Å². The predicted molar refractivity (Wildman–Crippen MR) is 300 cm³/mol. The number of likely N-dealkylation sites (tertiary alicyclic amines) is 1. The number of aliphatic hydroxyl groups is 1. The molecule has 6 atom stereocenters. The summed E-state index contributed by atoms with van der Waals surface area (Å²) in [5.41, 5.74) is 14.4. The molecule has 0 radical (unpaired) electrons. The molecule has 2 aromatic carbocycles. The van der Waals surface area contributed by atoms with Crippen molar-refractivity contribution in [3.63, 3.8) is 0 Å². The number of nitrogen functional groups attached to an aromatic ring is 1. The number of anilines is 3. The highest BCUT2D eigenvalue weighted by atomic mass is 32.1. The smallest absolute Gasteiger partial charge is 0.254 e. The number of ether oxygens (including phenoxy) is 3. The lowest BCUT2D eigenvalue weighted by atomic mass is 9.91. The van der Waals surface area contributed by atoms with Crippen LogP contribution in [0.4, 0.5) is 17.2 Å². The highest BCUT2D eigenvalue weighted by Gasteiger charge is 2.44. The first-order valence-corrected chi connectivity index (χ1v) is 28.7. The Morgan fingerprint density at radius 3 is 2.30 bits per heavy atom. The summed E-state index contributed by atoms with van der Waals surface area (Å²) in [6.07, 6.45) is 5.22. The number of β-amino-alcohol motifs (C(OH)–C–C–N with tert-alkyl or cyclic N) is 1. The van der Waals surface area contributed by atoms with Gasteiger partial charge in [0.2, 0.25) is 17.7 Å². The number of amides is 2. The minimum Gasteiger partial charge on any atom is -0.507 e. The molecule has 4 aromatic heterocycles. The number of nitrogens with one attached hydrogen (secondary N) is 1. The Morgan fingerprint density at radius 2 is 1.59 bits per heavy atom. The lowest BCUT2D eigenvalue weighted by molar-refractivity contribution is -0.141. The van der Waals surface area contributed by atoms with Gasteiger partial charge < -0.3 is 54.7 Å². The molecule has 0 spiro atoms. The van der Waals surface area contributed by atoms with E-state index in [0.717, 1.165) is 111 Å². The van der Waals surface area contributed by atoms with Gasteiger partial charge in [0.05, 0.1) is 52.3 Å². The number of aryl methyl sites for hydroxylation is 1. The first-order valence-electron chi connectivity index (χ1n) is 27.8. The molecule has 5 aliphatic rings. The topological polar surface area (TPSA) is 234 Å². The number of aromatic nitrogens is 5. The van der Waals surface area contributed by atoms with E-state index < -0.39 is 18.1 Å². The molecule has 11 rings (SSSR count). The van der Waals surface area contributed by atoms with Gasteiger partial charge in [0.25, 0.3) is 5.88 Å². The zero-order valence-electron chi connectivity index (χ0n) is 45.4. The number of carbonyl (C=O) groups excluding carboxylic acids is 2. The van der Waals surface area contributed by atoms with Gasteiger partial charge in [-0.15, -0.1) is 21.5 Å². The van der Waals surface area contributed by atoms with Gasteiger partial charge in [-0.05, 0) is 73.2 Å². The molecular weight excluding hydrogens is 1020 g/mol. The maximum Gasteiger partial charge on any atom is 0.254 e. The number of carbonyl (C=O) groups is 2. The van der Waals surface area contributed by atoms with Crippen molar-refractivity contribution in [2.45, 2.75) is 108 Å². The largest absolute Gasteiger partial charge is 0.507 e. The molecule has 20 nitrogen and oxygen atoms in total. The van der Waals surface area contributed by atoms with E-state index in [1.165, 1.54) is 4.90 Å². The number of hydrogen-bond acceptors (Lipinski definition) is 19. The summed E-state index contributed by atoms with van der Waals surface area (Å²) in [6.45, 7) is 15.8. The lowest BCUT2D eigenvalue weighted by Crippen LogP contribution is -2.54. The lowest BCUT2D eigenvalue weighted by Gasteiger charge is -2.43. The summed E-state index contributed by atoms with van der Waals surface area (Å²) < 4.78 is 24.5. The van der Waals surface area contributed by atoms with Crippen LogP contribution in [0.3, 0.4) is 0 Å². The average molecular weight is 1100 g/mol. The Labute approximate surface area is 464 Å². The maximum absolute atomic E-state index is 14.2. The van der Waals surface area contributed by atoms with Gasteiger partial charge in [0, 0.05) is 120 Å². The Bertz CT molecular complexity index is 3040. The molecule has 2 amide bonds. The first-order chi connectivity index (χ1) is 38.3. The van der Waals surface area contributed by atoms with Crippen LogP contribution in [0.2, 0.25) is 0 Å². The number of pyridine rings is 1. The van der Waals surface area contributed by atoms with Crippen molar-refractivity contribution >= 4 is 40.3 Å². The number of thiazole rings is 1. The molecule has 5 fully saturated rings. The first kappa shape index (κ1) is 54.1. The minimum absolute atomic E-state index is 0.0553. The number of aliphatic hydroxyl groups excluding tert-OH is 1. The van der Waals surface area contributed by atoms with Gasteiger partial charge in [0.1, 0.15) is 30.4 Å². The second kappa shape index (κ2) is 23.8. The van der Waals surface area contributed by atoms with Crippen LogP contribution >= 0.6 is 11.3 Å². The van der Waals surface area contributed by atoms with Gasteiger partial charge in [-0.2, -0.15) is 0 Å². The zero-order valence-corrected chi connectivity index (χ0v) is 46.2. The molecule has 21 heteroatoms. The zero-order chi connectivity index (χ0) is 54.7. The number of aromatic hydroxyl groups is 1. The number of phenolic OH excluding ortho intramolecular Hbond substituents is 1. The standard InChI is InChI=1S/C58H72N12O8S/c1-35(2)54(58(74)69-33-43(71)26-49(69)57(73)62-36(3)38-9-11-39(12-10-38)55-37(4)61-34-79-55)51-30-53(65-78-51)76-24-22-67-19-17-66(18-20-67)21-23-75-44-27-45(28-44)77-52-25-40(15-16-60-52)70-41-13-14-42(70)32-68(31-41)48-29-47(63-64-56(48)59)46-7-5-6-8-50(46)72/h5-12,15-16,25,29-30,34-36,41-45,49,54,71-72H,13-14,17-24,26-28,31-33H2,1-4H3,(H2,59,64)(H,62,73)/t36-,41+,42?,43+,44?,45?,49-,54-/m0/s1. The SMILES string of the molecule is Cc1ncsc1-c1ccc([C@H](C)NC(=O)[C@@H]2C[C@@H](O)CN2C(=O)[C@H](c2cc(OCCN3CCN(CCOC4CC(Oc5cc(N6C7CC[C@@H]6CN(c6cc(-c8ccccc8O)nnc6N)C7)ccn5)C4)CC3)no2)C(C)C)cc1. The molecule has 8 heterocycles. The van der Waals surface area contributed by atoms with Crippen LogP contribution in [0.15, 0.2) is 89.0 Å². The minimum atomic E-state index is -0.827. The Hall–Kier alpha value is -6.91. The van der Waals surface area contributed by atoms with Crippen molar-refractivity contribution < 1.29 is 38.5 Å². The van der Waals surface area contributed by atoms with Gasteiger partial charge in [-0.3, -0.25) is 19.4 Å². The van der Waals surface area contributed by atoms with Gasteiger partial charge in [0.15, 0.2) is 11.6 Å². The fourth-order valence-electron chi connectivity index (χ4n) is 12.0. The summed E-state index contributed by atoms with van der Waals surface area (Å²) in [5.74, 6) is 0.369. The van der Waals surface area contributed by atoms with E-state index in [-0.39, 0.29) is 54.7 Å². The highest BCUT2D eigenvalue weighted by molar-refractivity contribution is 7.13. The molecule has 1 unspecified atom stereocenters. The van der Waals surface area contributed by atoms with Crippen molar-refractivity contribution in [3.8, 4) is 39.2 Å². The summed E-state index contributed by atoms with van der Waals surface area (Å²) in [5, 5.41) is 37.0. The Balaban J connectivity index is 0.578. The fraction of sp³-hybridized carbons (Fsp3) is 0.500. The summed E-state index contributed by atoms with van der Waals surface area (Å²) in [4.78, 5) is 49.2. The third-order valence-corrected chi connectivity index (χ3v) is 17.4. The molecule has 1 saturated carbocycles. The van der Waals surface area contributed by atoms with E-state index in [1.807, 2.05) is 81.9 Å². The van der Waals surface area contributed by atoms with Crippen LogP contribution in [-0.4, -0.2) is 171 Å². The van der Waals surface area contributed by atoms with E-state index in [9.17, 15) is 19.8 Å². The molecule has 4 aliphatic heterocycles. The molecular formula is C58H72N12O8S. The van der Waals surface area contributed by atoms with Crippen molar-refractivity contribution in [2.24, 2.45) is 5.92 Å². The fourth-order valence-corrected chi connectivity index (χ4v) is 12.8. The van der Waals surface area contributed by atoms with Crippen LogP contribution in [0, 0.1) is 12.8 Å². The van der Waals surface area contributed by atoms with Gasteiger partial charge in [-0.1, -0.05) is 50.2 Å². The van der Waals surface area contributed by atoms with Crippen LogP contribution in [0.25, 0.3) is 21.7 Å². The quantitative estimate of drug-likeness (QED) is 0.0656. The number of benzene rings is 2. The second-order valence-electron chi connectivity index (χ2n) is 22.1. The predicted octanol–water partition coefficient (Wildman–Crippen LogP) is 6.31. The number of para-hydroxylation sites is 1. The molecule has 2 bridgehead atoms. The number of rotatable bonds is 20. The third-order valence-electron chi connectivity index (χ3n) is 16.4. The number of piperazine rings is 2. The monoisotopic (exact) mass is 1100 g/mol. The van der Waals surface area contributed by atoms with E-state index in [1.54, 1.807) is 29.5 Å². The normalized spacial score (nSPS) is 23.2. The van der Waals surface area contributed by atoms with Gasteiger partial charge in [-0.25, -0.2) is 9.97 Å². The van der Waals surface area contributed by atoms with Crippen molar-refractivity contribution in [3.05, 3.63) is 102 Å². The number of fused-ring (bicyclic) bond motifs is 2. The maximum atomic E-state index is 14.2. The number of nitrogens with two attached hydrogens (primary N) is 1. The van der Waals surface area contributed by atoms with Crippen LogP contribution in [-0.2, 0) is 14.3 Å². The Morgan fingerprint density at radius 1 is 0.861 bits per heavy atom.